The van der Waals surface area contributed by atoms with Crippen LogP contribution in [0.4, 0.5) is 5.69 Å². The molecule has 1 aromatic rings. The molecule has 7 nitrogen and oxygen atoms in total. The predicted octanol–water partition coefficient (Wildman–Crippen LogP) is 0.512. The Morgan fingerprint density at radius 3 is 2.73 bits per heavy atom. The Morgan fingerprint density at radius 2 is 2.04 bits per heavy atom. The molecular weight excluding hydrogens is 332 g/mol. The third kappa shape index (κ3) is 4.16. The van der Waals surface area contributed by atoms with Crippen LogP contribution in [0.15, 0.2) is 18.5 Å². The molecule has 2 saturated heterocycles. The van der Waals surface area contributed by atoms with Gasteiger partial charge in [0.05, 0.1) is 6.61 Å². The predicted molar refractivity (Wildman–Crippen MR) is 100 cm³/mol. The van der Waals surface area contributed by atoms with E-state index >= 15 is 0 Å². The molecule has 0 aromatic carbocycles. The van der Waals surface area contributed by atoms with Crippen LogP contribution in [0.2, 0.25) is 0 Å². The summed E-state index contributed by atoms with van der Waals surface area (Å²) in [5.41, 5.74) is 1.13. The highest BCUT2D eigenvalue weighted by molar-refractivity contribution is 5.86. The smallest absolute Gasteiger partial charge is 0.255 e. The largest absolute Gasteiger partial charge is 0.383 e. The highest BCUT2D eigenvalue weighted by Gasteiger charge is 2.43. The second kappa shape index (κ2) is 8.33. The van der Waals surface area contributed by atoms with E-state index in [0.717, 1.165) is 32.6 Å². The first-order valence-electron chi connectivity index (χ1n) is 9.42. The van der Waals surface area contributed by atoms with Gasteiger partial charge in [-0.2, -0.15) is 0 Å². The average molecular weight is 362 g/mol. The average Bonchev–Trinajstić information content (AvgIpc) is 2.64. The fourth-order valence-corrected chi connectivity index (χ4v) is 3.96. The minimum Gasteiger partial charge on any atom is -0.383 e. The summed E-state index contributed by atoms with van der Waals surface area (Å²) in [5.74, 6) is -0.145. The topological polar surface area (TPSA) is 69.1 Å². The first-order chi connectivity index (χ1) is 12.5. The molecule has 2 aliphatic heterocycles. The first-order valence-corrected chi connectivity index (χ1v) is 9.42. The van der Waals surface area contributed by atoms with Crippen LogP contribution < -0.4 is 4.90 Å². The number of hydrogen-bond acceptors (Lipinski definition) is 6. The Hall–Kier alpha value is -1.70. The lowest BCUT2D eigenvalue weighted by atomic mass is 9.91. The van der Waals surface area contributed by atoms with Crippen LogP contribution in [0.5, 0.6) is 0 Å². The van der Waals surface area contributed by atoms with E-state index in [1.165, 1.54) is 11.3 Å². The zero-order valence-electron chi connectivity index (χ0n) is 15.9. The Bertz CT molecular complexity index is 619. The molecule has 2 aliphatic rings. The van der Waals surface area contributed by atoms with Crippen molar-refractivity contribution in [3.05, 3.63) is 24.0 Å². The molecule has 0 unspecified atom stereocenters. The fraction of sp³-hybridized carbons (Fsp3) is 0.684. The van der Waals surface area contributed by atoms with Crippen molar-refractivity contribution in [1.82, 2.24) is 14.8 Å². The van der Waals surface area contributed by atoms with Crippen LogP contribution >= 0.6 is 0 Å². The number of β-amino-alcohol motifs (C(OH)–C–C–N with tert-alkyl or cyclic N) is 1. The van der Waals surface area contributed by atoms with Gasteiger partial charge in [-0.15, -0.1) is 0 Å². The van der Waals surface area contributed by atoms with Crippen LogP contribution in [-0.2, 0) is 9.53 Å². The number of ether oxygens (including phenoxy) is 1. The number of aliphatic hydroxyl groups is 1. The number of pyridine rings is 1. The minimum atomic E-state index is -1.26. The standard InChI is InChI=1S/C19H30N4O3/c1-16-14-20-6-4-17(16)22-10-8-21(9-11-22)15-19(25)5-3-7-23(18(19)24)12-13-26-2/h4,6,14,25H,3,5,7-13,15H2,1-2H3/t19-/m1/s1. The summed E-state index contributed by atoms with van der Waals surface area (Å²) in [7, 11) is 1.63. The number of nitrogens with zero attached hydrogens (tertiary/aromatic N) is 4. The number of carbonyl (C=O) groups is 1. The zero-order valence-corrected chi connectivity index (χ0v) is 15.9. The third-order valence-electron chi connectivity index (χ3n) is 5.46. The molecular formula is C19H30N4O3. The molecule has 0 saturated carbocycles. The lowest BCUT2D eigenvalue weighted by molar-refractivity contribution is -0.160. The number of piperazine rings is 1. The first kappa shape index (κ1) is 19.1. The number of methoxy groups -OCH3 is 1. The summed E-state index contributed by atoms with van der Waals surface area (Å²) in [6.07, 6.45) is 5.09. The molecule has 0 spiro atoms. The van der Waals surface area contributed by atoms with Gasteiger partial charge in [0, 0.05) is 71.0 Å². The maximum atomic E-state index is 12.7. The number of aryl methyl sites for hydroxylation is 1. The number of hydrogen-bond donors (Lipinski definition) is 1. The Morgan fingerprint density at radius 1 is 1.27 bits per heavy atom. The second-order valence-corrected chi connectivity index (χ2v) is 7.35. The lowest BCUT2D eigenvalue weighted by Gasteiger charge is -2.43. The number of carbonyl (C=O) groups excluding carboxylic acids is 1. The number of anilines is 1. The second-order valence-electron chi connectivity index (χ2n) is 7.35. The van der Waals surface area contributed by atoms with Crippen molar-refractivity contribution in [2.75, 3.05) is 64.4 Å². The van der Waals surface area contributed by atoms with Gasteiger partial charge in [-0.25, -0.2) is 0 Å². The number of piperidine rings is 1. The molecule has 144 valence electrons. The van der Waals surface area contributed by atoms with Gasteiger partial charge in [0.2, 0.25) is 0 Å². The highest BCUT2D eigenvalue weighted by Crippen LogP contribution is 2.25. The van der Waals surface area contributed by atoms with Gasteiger partial charge >= 0.3 is 0 Å². The summed E-state index contributed by atoms with van der Waals surface area (Å²) in [6, 6.07) is 2.05. The van der Waals surface area contributed by atoms with Crippen molar-refractivity contribution in [2.45, 2.75) is 25.4 Å². The van der Waals surface area contributed by atoms with Crippen LogP contribution in [-0.4, -0.2) is 90.9 Å². The maximum absolute atomic E-state index is 12.7. The quantitative estimate of drug-likeness (QED) is 0.795. The molecule has 1 aromatic heterocycles. The van der Waals surface area contributed by atoms with E-state index < -0.39 is 5.60 Å². The van der Waals surface area contributed by atoms with Gasteiger partial charge < -0.3 is 19.6 Å². The van der Waals surface area contributed by atoms with Gasteiger partial charge in [0.1, 0.15) is 0 Å². The molecule has 0 aliphatic carbocycles. The summed E-state index contributed by atoms with van der Waals surface area (Å²) < 4.78 is 5.08. The SMILES string of the molecule is COCCN1CCC[C@@](O)(CN2CCN(c3ccncc3C)CC2)C1=O. The van der Waals surface area contributed by atoms with E-state index in [4.69, 9.17) is 4.74 Å². The Labute approximate surface area is 155 Å². The molecule has 1 amide bonds. The van der Waals surface area contributed by atoms with E-state index in [0.29, 0.717) is 32.7 Å². The Balaban J connectivity index is 1.56. The van der Waals surface area contributed by atoms with Crippen LogP contribution in [0.1, 0.15) is 18.4 Å². The van der Waals surface area contributed by atoms with Crippen molar-refractivity contribution in [3.63, 3.8) is 0 Å². The van der Waals surface area contributed by atoms with Crippen LogP contribution in [0.25, 0.3) is 0 Å². The molecule has 0 bridgehead atoms. The van der Waals surface area contributed by atoms with E-state index in [2.05, 4.69) is 27.8 Å². The van der Waals surface area contributed by atoms with Crippen molar-refractivity contribution < 1.29 is 14.6 Å². The van der Waals surface area contributed by atoms with Crippen molar-refractivity contribution >= 4 is 11.6 Å². The number of amides is 1. The van der Waals surface area contributed by atoms with Crippen molar-refractivity contribution in [3.8, 4) is 0 Å². The van der Waals surface area contributed by atoms with E-state index in [1.54, 1.807) is 12.0 Å². The summed E-state index contributed by atoms with van der Waals surface area (Å²) >= 11 is 0. The molecule has 3 heterocycles. The number of rotatable bonds is 6. The van der Waals surface area contributed by atoms with Gasteiger partial charge in [0.25, 0.3) is 5.91 Å². The normalized spacial score (nSPS) is 25.0. The highest BCUT2D eigenvalue weighted by atomic mass is 16.5. The molecule has 26 heavy (non-hydrogen) atoms. The minimum absolute atomic E-state index is 0.145. The van der Waals surface area contributed by atoms with Crippen LogP contribution in [0.3, 0.4) is 0 Å². The third-order valence-corrected chi connectivity index (χ3v) is 5.46. The summed E-state index contributed by atoms with van der Waals surface area (Å²) in [6.45, 7) is 7.72. The maximum Gasteiger partial charge on any atom is 0.255 e. The van der Waals surface area contributed by atoms with E-state index in [9.17, 15) is 9.90 Å². The van der Waals surface area contributed by atoms with Gasteiger partial charge in [0.15, 0.2) is 5.60 Å². The molecule has 3 rings (SSSR count). The monoisotopic (exact) mass is 362 g/mol. The van der Waals surface area contributed by atoms with Crippen molar-refractivity contribution in [2.24, 2.45) is 0 Å². The summed E-state index contributed by atoms with van der Waals surface area (Å²) in [4.78, 5) is 23.2. The zero-order chi connectivity index (χ0) is 18.6. The number of likely N-dealkylation sites (tertiary alicyclic amines) is 1. The van der Waals surface area contributed by atoms with Crippen LogP contribution in [0, 0.1) is 6.92 Å². The van der Waals surface area contributed by atoms with Gasteiger partial charge in [-0.05, 0) is 31.4 Å². The van der Waals surface area contributed by atoms with Gasteiger partial charge in [-0.3, -0.25) is 14.7 Å². The van der Waals surface area contributed by atoms with E-state index in [1.807, 2.05) is 12.4 Å². The van der Waals surface area contributed by atoms with Crippen molar-refractivity contribution in [1.29, 1.82) is 0 Å². The molecule has 2 fully saturated rings. The van der Waals surface area contributed by atoms with Gasteiger partial charge in [-0.1, -0.05) is 0 Å². The molecule has 0 radical (unpaired) electrons. The molecule has 1 atom stereocenters. The summed E-state index contributed by atoms with van der Waals surface area (Å²) in [5, 5.41) is 11.0. The lowest BCUT2D eigenvalue weighted by Crippen LogP contribution is -2.61. The fourth-order valence-electron chi connectivity index (χ4n) is 3.96. The van der Waals surface area contributed by atoms with E-state index in [-0.39, 0.29) is 5.91 Å². The number of aromatic nitrogens is 1. The molecule has 1 N–H and O–H groups in total. The molecule has 7 heteroatoms. The Kier molecular flexibility index (Phi) is 6.11.